The molecule has 0 unspecified atom stereocenters. The molecule has 0 rings (SSSR count). The number of carbonyl (C=O) groups excluding carboxylic acids is 1. The summed E-state index contributed by atoms with van der Waals surface area (Å²) >= 11 is 0. The molecule has 0 spiro atoms. The summed E-state index contributed by atoms with van der Waals surface area (Å²) in [5, 5.41) is 0. The van der Waals surface area contributed by atoms with Gasteiger partial charge in [0.2, 0.25) is 0 Å². The Morgan fingerprint density at radius 1 is 0.542 bits per heavy atom. The Kier molecular flexibility index (Phi) is 37.0. The number of phosphoric acid groups is 1. The molecule has 0 aromatic carbocycles. The second-order valence-corrected chi connectivity index (χ2v) is 15.2. The third-order valence-electron chi connectivity index (χ3n) is 9.07. The second kappa shape index (κ2) is 37.5. The van der Waals surface area contributed by atoms with Crippen molar-refractivity contribution in [3.63, 3.8) is 0 Å². The maximum atomic E-state index is 12.4. The van der Waals surface area contributed by atoms with Gasteiger partial charge in [0.25, 0.3) is 0 Å². The van der Waals surface area contributed by atoms with E-state index in [9.17, 15) is 9.36 Å². The van der Waals surface area contributed by atoms with Gasteiger partial charge in [-0.25, -0.2) is 4.57 Å². The minimum atomic E-state index is -4.65. The molecule has 0 aliphatic rings. The van der Waals surface area contributed by atoms with Crippen LogP contribution in [-0.4, -0.2) is 41.7 Å². The average molecular weight is 703 g/mol. The molecule has 48 heavy (non-hydrogen) atoms. The molecular formula is C40H79O7P. The Hall–Kier alpha value is -0.720. The lowest BCUT2D eigenvalue weighted by Crippen LogP contribution is -2.28. The lowest BCUT2D eigenvalue weighted by molar-refractivity contribution is -0.154. The Labute approximate surface area is 297 Å². The highest BCUT2D eigenvalue weighted by Gasteiger charge is 2.21. The van der Waals surface area contributed by atoms with Crippen LogP contribution in [0.3, 0.4) is 0 Å². The van der Waals surface area contributed by atoms with E-state index in [0.717, 1.165) is 44.9 Å². The maximum Gasteiger partial charge on any atom is 0.469 e. The standard InChI is InChI=1S/C40H79O7P/c1-3-5-7-9-11-13-15-17-19-20-21-22-24-26-28-30-32-34-36-45-37-39(38-46-48(42,43)44)47-40(41)35-33-31-29-27-25-23-18-16-14-12-10-8-6-4-2/h16,18,39H,3-15,17,19-38H2,1-2H3,(H2,42,43,44)/b18-16-/t39-/m1/s1. The molecule has 0 radical (unpaired) electrons. The van der Waals surface area contributed by atoms with Crippen LogP contribution in [0.2, 0.25) is 0 Å². The highest BCUT2D eigenvalue weighted by Crippen LogP contribution is 2.36. The van der Waals surface area contributed by atoms with Gasteiger partial charge in [0, 0.05) is 13.0 Å². The molecule has 1 atom stereocenters. The van der Waals surface area contributed by atoms with E-state index in [4.69, 9.17) is 19.3 Å². The van der Waals surface area contributed by atoms with Crippen LogP contribution in [0.25, 0.3) is 0 Å². The van der Waals surface area contributed by atoms with Gasteiger partial charge in [-0.05, 0) is 38.5 Å². The summed E-state index contributed by atoms with van der Waals surface area (Å²) in [5.41, 5.74) is 0. The molecule has 0 aliphatic carbocycles. The number of esters is 1. The van der Waals surface area contributed by atoms with Gasteiger partial charge >= 0.3 is 13.8 Å². The summed E-state index contributed by atoms with van der Waals surface area (Å²) < 4.78 is 27.0. The summed E-state index contributed by atoms with van der Waals surface area (Å²) in [6.07, 6.45) is 42.0. The fraction of sp³-hybridized carbons (Fsp3) is 0.925. The Morgan fingerprint density at radius 2 is 0.917 bits per heavy atom. The predicted octanol–water partition coefficient (Wildman–Crippen LogP) is 12.7. The van der Waals surface area contributed by atoms with Crippen LogP contribution in [0.4, 0.5) is 0 Å². The van der Waals surface area contributed by atoms with Gasteiger partial charge in [-0.15, -0.1) is 0 Å². The molecule has 0 saturated carbocycles. The van der Waals surface area contributed by atoms with Crippen LogP contribution in [0.15, 0.2) is 12.2 Å². The Morgan fingerprint density at radius 3 is 1.33 bits per heavy atom. The van der Waals surface area contributed by atoms with Crippen molar-refractivity contribution in [1.82, 2.24) is 0 Å². The minimum Gasteiger partial charge on any atom is -0.457 e. The van der Waals surface area contributed by atoms with Gasteiger partial charge in [0.1, 0.15) is 6.10 Å². The van der Waals surface area contributed by atoms with Crippen molar-refractivity contribution in [1.29, 1.82) is 0 Å². The van der Waals surface area contributed by atoms with Gasteiger partial charge in [-0.1, -0.05) is 180 Å². The van der Waals surface area contributed by atoms with Crippen molar-refractivity contribution in [3.05, 3.63) is 12.2 Å². The smallest absolute Gasteiger partial charge is 0.457 e. The molecule has 2 N–H and O–H groups in total. The number of hydrogen-bond donors (Lipinski definition) is 2. The Bertz CT molecular complexity index is 739. The van der Waals surface area contributed by atoms with E-state index < -0.39 is 13.9 Å². The molecule has 0 aromatic heterocycles. The van der Waals surface area contributed by atoms with Crippen molar-refractivity contribution >= 4 is 13.8 Å². The molecule has 0 aliphatic heterocycles. The first-order valence-corrected chi connectivity index (χ1v) is 22.0. The van der Waals surface area contributed by atoms with Crippen LogP contribution in [0.5, 0.6) is 0 Å². The largest absolute Gasteiger partial charge is 0.469 e. The van der Waals surface area contributed by atoms with E-state index in [1.165, 1.54) is 148 Å². The zero-order valence-corrected chi connectivity index (χ0v) is 32.6. The lowest BCUT2D eigenvalue weighted by atomic mass is 10.0. The SMILES string of the molecule is CCCCCCC/C=C\CCCCCCCC(=O)O[C@H](COCCCCCCCCCCCCCCCCCCCC)COP(=O)(O)O. The van der Waals surface area contributed by atoms with Crippen LogP contribution >= 0.6 is 7.82 Å². The number of rotatable bonds is 39. The van der Waals surface area contributed by atoms with Gasteiger partial charge < -0.3 is 19.3 Å². The fourth-order valence-electron chi connectivity index (χ4n) is 6.03. The van der Waals surface area contributed by atoms with E-state index in [-0.39, 0.29) is 19.2 Å². The van der Waals surface area contributed by atoms with Crippen molar-refractivity contribution in [3.8, 4) is 0 Å². The van der Waals surface area contributed by atoms with Crippen molar-refractivity contribution in [2.75, 3.05) is 19.8 Å². The third kappa shape index (κ3) is 39.7. The molecule has 7 nitrogen and oxygen atoms in total. The molecule has 0 bridgehead atoms. The molecule has 0 fully saturated rings. The first kappa shape index (κ1) is 47.3. The molecular weight excluding hydrogens is 623 g/mol. The first-order valence-electron chi connectivity index (χ1n) is 20.5. The van der Waals surface area contributed by atoms with Gasteiger partial charge in [0.15, 0.2) is 0 Å². The zero-order chi connectivity index (χ0) is 35.2. The topological polar surface area (TPSA) is 102 Å². The molecule has 8 heteroatoms. The number of unbranched alkanes of at least 4 members (excludes halogenated alkanes) is 27. The van der Waals surface area contributed by atoms with Gasteiger partial charge in [-0.3, -0.25) is 9.32 Å². The molecule has 286 valence electrons. The van der Waals surface area contributed by atoms with Crippen LogP contribution in [0, 0.1) is 0 Å². The summed E-state index contributed by atoms with van der Waals surface area (Å²) in [6, 6.07) is 0. The number of carbonyl (C=O) groups is 1. The molecule has 0 saturated heterocycles. The van der Waals surface area contributed by atoms with E-state index in [2.05, 4.69) is 30.5 Å². The van der Waals surface area contributed by atoms with Gasteiger partial charge in [-0.2, -0.15) is 0 Å². The monoisotopic (exact) mass is 703 g/mol. The van der Waals surface area contributed by atoms with E-state index in [1.807, 2.05) is 0 Å². The van der Waals surface area contributed by atoms with Crippen LogP contribution in [-0.2, 0) is 23.4 Å². The molecule has 0 heterocycles. The normalized spacial score (nSPS) is 12.7. The summed E-state index contributed by atoms with van der Waals surface area (Å²) in [7, 11) is -4.65. The van der Waals surface area contributed by atoms with E-state index >= 15 is 0 Å². The first-order chi connectivity index (χ1) is 23.4. The second-order valence-electron chi connectivity index (χ2n) is 14.0. The average Bonchev–Trinajstić information content (AvgIpc) is 3.06. The van der Waals surface area contributed by atoms with Gasteiger partial charge in [0.05, 0.1) is 13.2 Å². The van der Waals surface area contributed by atoms with E-state index in [1.54, 1.807) is 0 Å². The summed E-state index contributed by atoms with van der Waals surface area (Å²) in [4.78, 5) is 30.5. The highest BCUT2D eigenvalue weighted by molar-refractivity contribution is 7.46. The van der Waals surface area contributed by atoms with Crippen molar-refractivity contribution in [2.24, 2.45) is 0 Å². The third-order valence-corrected chi connectivity index (χ3v) is 9.55. The summed E-state index contributed by atoms with van der Waals surface area (Å²) in [5.74, 6) is -0.368. The fourth-order valence-corrected chi connectivity index (χ4v) is 6.39. The number of ether oxygens (including phenoxy) is 2. The predicted molar refractivity (Wildman–Crippen MR) is 202 cm³/mol. The van der Waals surface area contributed by atoms with Crippen LogP contribution in [0.1, 0.15) is 213 Å². The quantitative estimate of drug-likeness (QED) is 0.0284. The minimum absolute atomic E-state index is 0.0803. The highest BCUT2D eigenvalue weighted by atomic mass is 31.2. The van der Waals surface area contributed by atoms with Crippen molar-refractivity contribution in [2.45, 2.75) is 219 Å². The van der Waals surface area contributed by atoms with Crippen molar-refractivity contribution < 1.29 is 33.1 Å². The van der Waals surface area contributed by atoms with Crippen LogP contribution < -0.4 is 0 Å². The summed E-state index contributed by atoms with van der Waals surface area (Å²) in [6.45, 7) is 4.77. The number of phosphoric ester groups is 1. The number of allylic oxidation sites excluding steroid dienone is 2. The van der Waals surface area contributed by atoms with E-state index in [0.29, 0.717) is 13.0 Å². The lowest BCUT2D eigenvalue weighted by Gasteiger charge is -2.18. The number of hydrogen-bond acceptors (Lipinski definition) is 5. The molecule has 0 amide bonds. The zero-order valence-electron chi connectivity index (χ0n) is 31.7. The Balaban J connectivity index is 3.76. The maximum absolute atomic E-state index is 12.4. The molecule has 0 aromatic rings.